The minimum absolute atomic E-state index is 0.144. The highest BCUT2D eigenvalue weighted by Crippen LogP contribution is 2.49. The Morgan fingerprint density at radius 2 is 1.66 bits per heavy atom. The number of aromatic nitrogens is 1. The van der Waals surface area contributed by atoms with Gasteiger partial charge in [0.15, 0.2) is 0 Å². The molecular weight excluding hydrogens is 430 g/mol. The smallest absolute Gasteiger partial charge is 0.254 e. The van der Waals surface area contributed by atoms with Crippen molar-refractivity contribution in [2.45, 2.75) is 26.7 Å². The van der Waals surface area contributed by atoms with Gasteiger partial charge in [0.1, 0.15) is 0 Å². The summed E-state index contributed by atoms with van der Waals surface area (Å²) in [7, 11) is 0. The van der Waals surface area contributed by atoms with E-state index < -0.39 is 0 Å². The van der Waals surface area contributed by atoms with Gasteiger partial charge in [-0.25, -0.2) is 0 Å². The summed E-state index contributed by atoms with van der Waals surface area (Å²) in [4.78, 5) is 25.9. The predicted molar refractivity (Wildman–Crippen MR) is 115 cm³/mol. The molecule has 2 bridgehead atoms. The fourth-order valence-corrected chi connectivity index (χ4v) is 5.68. The third kappa shape index (κ3) is 2.76. The molecule has 2 aromatic rings. The maximum absolute atomic E-state index is 12.9. The summed E-state index contributed by atoms with van der Waals surface area (Å²) >= 11 is 3.61. The van der Waals surface area contributed by atoms with Gasteiger partial charge in [0, 0.05) is 21.4 Å². The van der Waals surface area contributed by atoms with Crippen LogP contribution in [0.1, 0.15) is 29.8 Å². The zero-order valence-electron chi connectivity index (χ0n) is 16.4. The van der Waals surface area contributed by atoms with Crippen molar-refractivity contribution >= 4 is 34.0 Å². The number of aryl methyl sites for hydroxylation is 1. The Kier molecular flexibility index (Phi) is 4.35. The van der Waals surface area contributed by atoms with Gasteiger partial charge >= 0.3 is 0 Å². The highest BCUT2D eigenvalue weighted by molar-refractivity contribution is 9.10. The zero-order chi connectivity index (χ0) is 20.3. The van der Waals surface area contributed by atoms with E-state index in [1.807, 2.05) is 44.2 Å². The Morgan fingerprint density at radius 1 is 1.03 bits per heavy atom. The Morgan fingerprint density at radius 3 is 2.24 bits per heavy atom. The number of allylic oxidation sites excluding steroid dienone is 2. The summed E-state index contributed by atoms with van der Waals surface area (Å²) < 4.78 is 3.14. The van der Waals surface area contributed by atoms with E-state index in [1.54, 1.807) is 6.21 Å². The van der Waals surface area contributed by atoms with Gasteiger partial charge in [-0.05, 0) is 72.7 Å². The normalized spacial score (nSPS) is 28.0. The number of carbonyl (C=O) groups is 2. The molecule has 4 atom stereocenters. The van der Waals surface area contributed by atoms with Crippen molar-refractivity contribution in [3.63, 3.8) is 0 Å². The van der Waals surface area contributed by atoms with Gasteiger partial charge in [-0.2, -0.15) is 10.1 Å². The Hall–Kier alpha value is -2.47. The quantitative estimate of drug-likeness (QED) is 0.394. The molecule has 5 nitrogen and oxygen atoms in total. The van der Waals surface area contributed by atoms with Crippen LogP contribution in [0.4, 0.5) is 0 Å². The molecule has 1 aromatic carbocycles. The van der Waals surface area contributed by atoms with E-state index in [1.165, 1.54) is 0 Å². The first-order chi connectivity index (χ1) is 14.0. The maximum atomic E-state index is 12.9. The van der Waals surface area contributed by atoms with E-state index in [0.29, 0.717) is 0 Å². The van der Waals surface area contributed by atoms with Crippen LogP contribution in [0.25, 0.3) is 5.69 Å². The molecule has 4 aliphatic rings. The minimum Gasteiger partial charge on any atom is -0.317 e. The van der Waals surface area contributed by atoms with Gasteiger partial charge in [-0.1, -0.05) is 24.3 Å². The first-order valence-electron chi connectivity index (χ1n) is 10.0. The Bertz CT molecular complexity index is 1050. The third-order valence-electron chi connectivity index (χ3n) is 6.61. The Labute approximate surface area is 178 Å². The van der Waals surface area contributed by atoms with Crippen molar-refractivity contribution in [2.24, 2.45) is 28.8 Å². The zero-order valence-corrected chi connectivity index (χ0v) is 18.0. The lowest BCUT2D eigenvalue weighted by atomic mass is 9.63. The number of carbonyl (C=O) groups excluding carboxylic acids is 2. The van der Waals surface area contributed by atoms with Crippen LogP contribution in [0.15, 0.2) is 52.1 Å². The molecule has 0 unspecified atom stereocenters. The van der Waals surface area contributed by atoms with Crippen LogP contribution >= 0.6 is 15.9 Å². The molecule has 2 fully saturated rings. The van der Waals surface area contributed by atoms with Crippen LogP contribution in [0.5, 0.6) is 0 Å². The topological polar surface area (TPSA) is 54.7 Å². The van der Waals surface area contributed by atoms with Crippen LogP contribution in [0, 0.1) is 37.5 Å². The molecule has 6 rings (SSSR count). The van der Waals surface area contributed by atoms with Crippen molar-refractivity contribution < 1.29 is 9.59 Å². The van der Waals surface area contributed by atoms with E-state index in [2.05, 4.69) is 37.8 Å². The van der Waals surface area contributed by atoms with Gasteiger partial charge in [0.05, 0.1) is 23.7 Å². The lowest BCUT2D eigenvalue weighted by Gasteiger charge is -2.37. The number of nitrogens with zero attached hydrogens (tertiary/aromatic N) is 3. The molecule has 1 aromatic heterocycles. The summed E-state index contributed by atoms with van der Waals surface area (Å²) in [5.41, 5.74) is 4.02. The van der Waals surface area contributed by atoms with Crippen molar-refractivity contribution in [3.8, 4) is 5.69 Å². The molecule has 0 radical (unpaired) electrons. The number of hydrogen-bond donors (Lipinski definition) is 0. The largest absolute Gasteiger partial charge is 0.317 e. The second-order valence-corrected chi connectivity index (χ2v) is 9.04. The maximum Gasteiger partial charge on any atom is 0.254 e. The van der Waals surface area contributed by atoms with Gasteiger partial charge in [0.25, 0.3) is 11.8 Å². The van der Waals surface area contributed by atoms with Crippen molar-refractivity contribution in [1.29, 1.82) is 0 Å². The first-order valence-corrected chi connectivity index (χ1v) is 10.8. The number of hydrazone groups is 1. The van der Waals surface area contributed by atoms with E-state index in [0.717, 1.165) is 45.0 Å². The monoisotopic (exact) mass is 451 g/mol. The summed E-state index contributed by atoms with van der Waals surface area (Å²) in [5.74, 6) is -0.374. The van der Waals surface area contributed by atoms with Crippen molar-refractivity contribution in [1.82, 2.24) is 9.58 Å². The molecule has 1 aliphatic heterocycles. The van der Waals surface area contributed by atoms with Crippen molar-refractivity contribution in [3.05, 3.63) is 63.9 Å². The van der Waals surface area contributed by atoms with Crippen molar-refractivity contribution in [2.75, 3.05) is 0 Å². The molecule has 1 saturated carbocycles. The number of hydrogen-bond acceptors (Lipinski definition) is 3. The molecule has 148 valence electrons. The third-order valence-corrected chi connectivity index (χ3v) is 7.28. The molecule has 6 heteroatoms. The summed E-state index contributed by atoms with van der Waals surface area (Å²) in [5, 5.41) is 5.49. The molecule has 2 heterocycles. The average molecular weight is 452 g/mol. The van der Waals surface area contributed by atoms with E-state index >= 15 is 0 Å². The second-order valence-electron chi connectivity index (χ2n) is 8.19. The van der Waals surface area contributed by atoms with Gasteiger partial charge in [-0.15, -0.1) is 0 Å². The fraction of sp³-hybridized carbons (Fsp3) is 0.348. The SMILES string of the molecule is Cc1cc(/C=N\N2C(=O)[C@H]3[C@H](C2=O)[C@H]2C=C[C@H]3CC2)c(C)n1-c1ccccc1Br. The Balaban J connectivity index is 1.46. The highest BCUT2D eigenvalue weighted by atomic mass is 79.9. The first kappa shape index (κ1) is 18.6. The number of benzene rings is 1. The number of imide groups is 1. The van der Waals surface area contributed by atoms with Crippen LogP contribution in [-0.4, -0.2) is 27.6 Å². The highest BCUT2D eigenvalue weighted by Gasteiger charge is 2.56. The standard InChI is InChI=1S/C23H22BrN3O2/c1-13-11-17(14(2)26(13)19-6-4-3-5-18(19)24)12-25-27-22(28)20-15-7-8-16(10-9-15)21(20)23(27)29/h3-8,11-12,15-16,20-21H,9-10H2,1-2H3/b25-12-/t15-,16-,20+,21+/m0/s1. The summed E-state index contributed by atoms with van der Waals surface area (Å²) in [6.07, 6.45) is 7.88. The van der Waals surface area contributed by atoms with Crippen LogP contribution in [-0.2, 0) is 9.59 Å². The lowest BCUT2D eigenvalue weighted by Crippen LogP contribution is -2.38. The minimum atomic E-state index is -0.226. The number of rotatable bonds is 3. The van der Waals surface area contributed by atoms with E-state index in [-0.39, 0.29) is 35.5 Å². The molecule has 1 saturated heterocycles. The number of amides is 2. The van der Waals surface area contributed by atoms with Gasteiger partial charge in [-0.3, -0.25) is 9.59 Å². The van der Waals surface area contributed by atoms with Crippen LogP contribution in [0.2, 0.25) is 0 Å². The molecular formula is C23H22BrN3O2. The van der Waals surface area contributed by atoms with Gasteiger partial charge in [0.2, 0.25) is 0 Å². The van der Waals surface area contributed by atoms with Crippen LogP contribution < -0.4 is 0 Å². The lowest BCUT2D eigenvalue weighted by molar-refractivity contribution is -0.140. The number of halogens is 1. The predicted octanol–water partition coefficient (Wildman–Crippen LogP) is 4.39. The van der Waals surface area contributed by atoms with Gasteiger partial charge < -0.3 is 4.57 Å². The van der Waals surface area contributed by atoms with E-state index in [9.17, 15) is 9.59 Å². The molecule has 0 spiro atoms. The number of fused-ring (bicyclic) bond motifs is 1. The van der Waals surface area contributed by atoms with E-state index in [4.69, 9.17) is 0 Å². The second kappa shape index (κ2) is 6.80. The molecule has 0 N–H and O–H groups in total. The average Bonchev–Trinajstić information content (AvgIpc) is 3.16. The molecule has 2 amide bonds. The summed E-state index contributed by atoms with van der Waals surface area (Å²) in [6.45, 7) is 4.05. The molecule has 3 aliphatic carbocycles. The summed E-state index contributed by atoms with van der Waals surface area (Å²) in [6, 6.07) is 10.1. The molecule has 29 heavy (non-hydrogen) atoms. The fourth-order valence-electron chi connectivity index (χ4n) is 5.21. The van der Waals surface area contributed by atoms with Crippen LogP contribution in [0.3, 0.4) is 0 Å². The number of para-hydroxylation sites is 1.